The Labute approximate surface area is 165 Å². The molecule has 1 aromatic heterocycles. The molecule has 0 saturated carbocycles. The number of rotatable bonds is 6. The Balaban J connectivity index is 2.35. The van der Waals surface area contributed by atoms with Crippen LogP contribution in [0.2, 0.25) is 0 Å². The molecule has 6 nitrogen and oxygen atoms in total. The number of methoxy groups -OCH3 is 5. The quantitative estimate of drug-likeness (QED) is 0.606. The molecule has 0 aliphatic carbocycles. The fourth-order valence-corrected chi connectivity index (χ4v) is 3.65. The molecule has 0 atom stereocenters. The Morgan fingerprint density at radius 2 is 1.25 bits per heavy atom. The number of pyridine rings is 1. The summed E-state index contributed by atoms with van der Waals surface area (Å²) in [5.74, 6) is 3.28. The lowest BCUT2D eigenvalue weighted by Gasteiger charge is -2.15. The summed E-state index contributed by atoms with van der Waals surface area (Å²) in [6.45, 7) is 4.12. The van der Waals surface area contributed by atoms with Crippen LogP contribution in [0.3, 0.4) is 0 Å². The van der Waals surface area contributed by atoms with Crippen LogP contribution < -0.4 is 28.3 Å². The Morgan fingerprint density at radius 1 is 0.643 bits per heavy atom. The van der Waals surface area contributed by atoms with Crippen molar-refractivity contribution in [2.75, 3.05) is 35.5 Å². The number of ether oxygens (including phenoxy) is 5. The van der Waals surface area contributed by atoms with E-state index < -0.39 is 0 Å². The average molecular weight is 384 g/mol. The van der Waals surface area contributed by atoms with Gasteiger partial charge in [-0.25, -0.2) is 0 Å². The first kappa shape index (κ1) is 19.6. The van der Waals surface area contributed by atoms with E-state index in [1.807, 2.05) is 24.3 Å². The molecule has 3 rings (SSSR count). The van der Waals surface area contributed by atoms with Gasteiger partial charge in [0, 0.05) is 31.4 Å². The zero-order valence-corrected chi connectivity index (χ0v) is 17.4. The smallest absolute Gasteiger partial charge is 0.218 e. The van der Waals surface area contributed by atoms with Crippen molar-refractivity contribution in [3.05, 3.63) is 41.7 Å². The Bertz CT molecular complexity index is 1000. The lowest BCUT2D eigenvalue weighted by atomic mass is 10.1. The van der Waals surface area contributed by atoms with Crippen LogP contribution in [0.1, 0.15) is 11.4 Å². The van der Waals surface area contributed by atoms with Crippen LogP contribution in [0.15, 0.2) is 30.3 Å². The van der Waals surface area contributed by atoms with Gasteiger partial charge in [0.05, 0.1) is 53.1 Å². The van der Waals surface area contributed by atoms with Gasteiger partial charge in [-0.1, -0.05) is 0 Å². The average Bonchev–Trinajstić information content (AvgIpc) is 2.71. The van der Waals surface area contributed by atoms with Gasteiger partial charge in [0.1, 0.15) is 11.5 Å². The maximum Gasteiger partial charge on any atom is 0.218 e. The molecule has 6 heteroatoms. The standard InChI is InChI=1S/C22H26NO5/c1-13-8-15-9-17(24-3)12-18(25-4)21(15)14(2)23(13)16-10-19(26-5)22(28-7)20(11-16)27-6/h8-12H,1-7H3/q+1. The number of aromatic nitrogens is 1. The third-order valence-corrected chi connectivity index (χ3v) is 4.88. The molecule has 0 aliphatic rings. The van der Waals surface area contributed by atoms with Gasteiger partial charge >= 0.3 is 0 Å². The summed E-state index contributed by atoms with van der Waals surface area (Å²) in [4.78, 5) is 0. The fourth-order valence-electron chi connectivity index (χ4n) is 3.65. The van der Waals surface area contributed by atoms with Crippen LogP contribution in [0.5, 0.6) is 28.7 Å². The number of hydrogen-bond acceptors (Lipinski definition) is 5. The molecule has 28 heavy (non-hydrogen) atoms. The molecule has 0 spiro atoms. The first-order valence-electron chi connectivity index (χ1n) is 8.87. The van der Waals surface area contributed by atoms with Crippen LogP contribution >= 0.6 is 0 Å². The molecule has 3 aromatic rings. The van der Waals surface area contributed by atoms with Gasteiger partial charge in [-0.3, -0.25) is 0 Å². The highest BCUT2D eigenvalue weighted by Crippen LogP contribution is 2.39. The summed E-state index contributed by atoms with van der Waals surface area (Å²) in [6, 6.07) is 9.88. The lowest BCUT2D eigenvalue weighted by Crippen LogP contribution is -2.38. The van der Waals surface area contributed by atoms with Crippen LogP contribution in [0.25, 0.3) is 16.5 Å². The van der Waals surface area contributed by atoms with Gasteiger partial charge in [0.25, 0.3) is 0 Å². The van der Waals surface area contributed by atoms with Crippen LogP contribution in [0, 0.1) is 13.8 Å². The molecule has 2 aromatic carbocycles. The highest BCUT2D eigenvalue weighted by atomic mass is 16.5. The lowest BCUT2D eigenvalue weighted by molar-refractivity contribution is -0.607. The van der Waals surface area contributed by atoms with Crippen LogP contribution in [-0.2, 0) is 0 Å². The minimum absolute atomic E-state index is 0.563. The number of nitrogens with zero attached hydrogens (tertiary/aromatic N) is 1. The first-order chi connectivity index (χ1) is 13.5. The molecule has 0 unspecified atom stereocenters. The van der Waals surface area contributed by atoms with E-state index in [4.69, 9.17) is 23.7 Å². The molecular weight excluding hydrogens is 358 g/mol. The number of fused-ring (bicyclic) bond motifs is 1. The highest BCUT2D eigenvalue weighted by Gasteiger charge is 2.25. The molecule has 0 saturated heterocycles. The van der Waals surface area contributed by atoms with Gasteiger partial charge in [-0.15, -0.1) is 0 Å². The topological polar surface area (TPSA) is 50.0 Å². The Hall–Kier alpha value is -3.15. The van der Waals surface area contributed by atoms with Crippen molar-refractivity contribution in [1.29, 1.82) is 0 Å². The third-order valence-electron chi connectivity index (χ3n) is 4.88. The molecule has 0 fully saturated rings. The molecule has 0 amide bonds. The van der Waals surface area contributed by atoms with Crippen molar-refractivity contribution in [2.45, 2.75) is 13.8 Å². The van der Waals surface area contributed by atoms with E-state index in [1.54, 1.807) is 35.5 Å². The molecule has 0 N–H and O–H groups in total. The normalized spacial score (nSPS) is 10.7. The van der Waals surface area contributed by atoms with Gasteiger partial charge in [-0.2, -0.15) is 4.57 Å². The Morgan fingerprint density at radius 3 is 1.75 bits per heavy atom. The molecule has 148 valence electrons. The summed E-state index contributed by atoms with van der Waals surface area (Å²) < 4.78 is 29.7. The Kier molecular flexibility index (Phi) is 5.49. The van der Waals surface area contributed by atoms with Crippen molar-refractivity contribution >= 4 is 10.8 Å². The SMILES string of the molecule is COc1cc(OC)c2c(C)[n+](-c3cc(OC)c(OC)c(OC)c3)c(C)cc2c1. The number of benzene rings is 2. The summed E-state index contributed by atoms with van der Waals surface area (Å²) in [5.41, 5.74) is 2.99. The second kappa shape index (κ2) is 7.84. The minimum Gasteiger partial charge on any atom is -0.497 e. The van der Waals surface area contributed by atoms with E-state index in [1.165, 1.54) is 0 Å². The second-order valence-electron chi connectivity index (χ2n) is 6.38. The molecule has 0 radical (unpaired) electrons. The fraction of sp³-hybridized carbons (Fsp3) is 0.318. The molecule has 0 bridgehead atoms. The minimum atomic E-state index is 0.563. The van der Waals surface area contributed by atoms with Crippen molar-refractivity contribution in [3.63, 3.8) is 0 Å². The van der Waals surface area contributed by atoms with Gasteiger partial charge in [0.2, 0.25) is 11.4 Å². The summed E-state index contributed by atoms with van der Waals surface area (Å²) in [7, 11) is 8.14. The van der Waals surface area contributed by atoms with Crippen LogP contribution in [0.4, 0.5) is 0 Å². The zero-order chi connectivity index (χ0) is 20.4. The molecular formula is C22H26NO5+. The van der Waals surface area contributed by atoms with Gasteiger partial charge < -0.3 is 23.7 Å². The van der Waals surface area contributed by atoms with Gasteiger partial charge in [-0.05, 0) is 6.07 Å². The second-order valence-corrected chi connectivity index (χ2v) is 6.38. The maximum absolute atomic E-state index is 5.65. The molecule has 1 heterocycles. The van der Waals surface area contributed by atoms with E-state index >= 15 is 0 Å². The number of hydrogen-bond donors (Lipinski definition) is 0. The van der Waals surface area contributed by atoms with E-state index in [9.17, 15) is 0 Å². The first-order valence-corrected chi connectivity index (χ1v) is 8.87. The van der Waals surface area contributed by atoms with E-state index in [-0.39, 0.29) is 0 Å². The van der Waals surface area contributed by atoms with Crippen molar-refractivity contribution in [2.24, 2.45) is 0 Å². The predicted molar refractivity (Wildman–Crippen MR) is 108 cm³/mol. The summed E-state index contributed by atoms with van der Waals surface area (Å²) in [6.07, 6.45) is 0. The van der Waals surface area contributed by atoms with Crippen molar-refractivity contribution < 1.29 is 28.3 Å². The monoisotopic (exact) mass is 384 g/mol. The van der Waals surface area contributed by atoms with Crippen molar-refractivity contribution in [1.82, 2.24) is 0 Å². The number of aryl methyl sites for hydroxylation is 2. The third kappa shape index (κ3) is 3.15. The predicted octanol–water partition coefficient (Wildman–Crippen LogP) is 3.78. The van der Waals surface area contributed by atoms with Crippen molar-refractivity contribution in [3.8, 4) is 34.4 Å². The maximum atomic E-state index is 5.65. The van der Waals surface area contributed by atoms with Gasteiger partial charge in [0.15, 0.2) is 22.9 Å². The highest BCUT2D eigenvalue weighted by molar-refractivity contribution is 5.91. The zero-order valence-electron chi connectivity index (χ0n) is 17.4. The summed E-state index contributed by atoms with van der Waals surface area (Å²) >= 11 is 0. The largest absolute Gasteiger partial charge is 0.497 e. The van der Waals surface area contributed by atoms with Crippen LogP contribution in [-0.4, -0.2) is 35.5 Å². The van der Waals surface area contributed by atoms with E-state index in [0.29, 0.717) is 17.2 Å². The van der Waals surface area contributed by atoms with E-state index in [2.05, 4.69) is 24.5 Å². The van der Waals surface area contributed by atoms with E-state index in [0.717, 1.165) is 39.3 Å². The molecule has 0 aliphatic heterocycles. The summed E-state index contributed by atoms with van der Waals surface area (Å²) in [5, 5.41) is 2.07.